The van der Waals surface area contributed by atoms with E-state index in [0.717, 1.165) is 5.56 Å². The molecule has 0 atom stereocenters. The third kappa shape index (κ3) is 4.56. The summed E-state index contributed by atoms with van der Waals surface area (Å²) in [6.07, 6.45) is 1.69. The number of nitrogens with zero attached hydrogens (tertiary/aromatic N) is 2. The molecule has 0 bridgehead atoms. The van der Waals surface area contributed by atoms with Gasteiger partial charge in [-0.25, -0.2) is 4.68 Å². The van der Waals surface area contributed by atoms with Gasteiger partial charge in [-0.15, -0.1) is 0 Å². The summed E-state index contributed by atoms with van der Waals surface area (Å²) in [7, 11) is 1.58. The number of aromatic nitrogens is 2. The third-order valence-corrected chi connectivity index (χ3v) is 4.44. The quantitative estimate of drug-likeness (QED) is 0.727. The fourth-order valence-electron chi connectivity index (χ4n) is 2.80. The Kier molecular flexibility index (Phi) is 5.31. The molecule has 0 saturated carbocycles. The lowest BCUT2D eigenvalue weighted by Gasteiger charge is -2.19. The van der Waals surface area contributed by atoms with Gasteiger partial charge < -0.3 is 10.1 Å². The highest BCUT2D eigenvalue weighted by atomic mass is 16.5. The van der Waals surface area contributed by atoms with Gasteiger partial charge in [0, 0.05) is 11.6 Å². The highest BCUT2D eigenvalue weighted by Gasteiger charge is 2.14. The van der Waals surface area contributed by atoms with Crippen LogP contribution in [0, 0.1) is 0 Å². The molecule has 0 saturated heterocycles. The summed E-state index contributed by atoms with van der Waals surface area (Å²) in [6, 6.07) is 17.4. The van der Waals surface area contributed by atoms with Gasteiger partial charge in [0.25, 0.3) is 5.91 Å². The molecule has 3 aromatic rings. The van der Waals surface area contributed by atoms with Crippen LogP contribution >= 0.6 is 0 Å². The van der Waals surface area contributed by atoms with E-state index < -0.39 is 0 Å². The third-order valence-electron chi connectivity index (χ3n) is 4.44. The average molecular weight is 363 g/mol. The molecular formula is C22H25N3O2. The summed E-state index contributed by atoms with van der Waals surface area (Å²) in [5, 5.41) is 7.26. The predicted molar refractivity (Wildman–Crippen MR) is 107 cm³/mol. The van der Waals surface area contributed by atoms with Gasteiger partial charge in [0.05, 0.1) is 19.9 Å². The molecular weight excluding hydrogens is 338 g/mol. The lowest BCUT2D eigenvalue weighted by molar-refractivity contribution is 0.102. The van der Waals surface area contributed by atoms with Crippen molar-refractivity contribution in [1.29, 1.82) is 0 Å². The highest BCUT2D eigenvalue weighted by Crippen LogP contribution is 2.23. The zero-order chi connectivity index (χ0) is 19.4. The van der Waals surface area contributed by atoms with E-state index in [1.165, 1.54) is 5.56 Å². The number of hydrogen-bond acceptors (Lipinski definition) is 3. The van der Waals surface area contributed by atoms with Gasteiger partial charge in [0.2, 0.25) is 0 Å². The maximum atomic E-state index is 12.5. The van der Waals surface area contributed by atoms with Crippen LogP contribution in [0.5, 0.6) is 5.75 Å². The van der Waals surface area contributed by atoms with Crippen molar-refractivity contribution in [2.45, 2.75) is 32.7 Å². The number of amides is 1. The van der Waals surface area contributed by atoms with Gasteiger partial charge >= 0.3 is 0 Å². The molecule has 0 radical (unpaired) electrons. The zero-order valence-corrected chi connectivity index (χ0v) is 16.2. The Hall–Kier alpha value is -3.08. The van der Waals surface area contributed by atoms with Crippen LogP contribution in [0.4, 0.5) is 5.82 Å². The molecule has 0 aliphatic rings. The lowest BCUT2D eigenvalue weighted by Crippen LogP contribution is -2.16. The first-order valence-corrected chi connectivity index (χ1v) is 8.93. The van der Waals surface area contributed by atoms with Gasteiger partial charge in [-0.1, -0.05) is 51.1 Å². The van der Waals surface area contributed by atoms with E-state index in [4.69, 9.17) is 4.74 Å². The summed E-state index contributed by atoms with van der Waals surface area (Å²) in [4.78, 5) is 12.5. The number of hydrogen-bond donors (Lipinski definition) is 1. The second kappa shape index (κ2) is 7.66. The van der Waals surface area contributed by atoms with Gasteiger partial charge in [-0.2, -0.15) is 5.10 Å². The van der Waals surface area contributed by atoms with Gasteiger partial charge in [0.15, 0.2) is 0 Å². The molecule has 1 N–H and O–H groups in total. The van der Waals surface area contributed by atoms with E-state index in [0.29, 0.717) is 23.7 Å². The summed E-state index contributed by atoms with van der Waals surface area (Å²) in [5.41, 5.74) is 3.08. The minimum absolute atomic E-state index is 0.125. The number of carbonyl (C=O) groups excluding carboxylic acids is 1. The van der Waals surface area contributed by atoms with Crippen molar-refractivity contribution < 1.29 is 9.53 Å². The number of ether oxygens (including phenoxy) is 1. The molecule has 0 spiro atoms. The molecule has 1 heterocycles. The van der Waals surface area contributed by atoms with Crippen LogP contribution in [0.25, 0.3) is 0 Å². The van der Waals surface area contributed by atoms with E-state index in [1.54, 1.807) is 42.3 Å². The van der Waals surface area contributed by atoms with Crippen molar-refractivity contribution in [3.8, 4) is 5.75 Å². The van der Waals surface area contributed by atoms with E-state index >= 15 is 0 Å². The van der Waals surface area contributed by atoms with Gasteiger partial charge in [-0.05, 0) is 34.7 Å². The predicted octanol–water partition coefficient (Wildman–Crippen LogP) is 4.49. The maximum Gasteiger partial charge on any atom is 0.256 e. The first-order valence-electron chi connectivity index (χ1n) is 8.93. The van der Waals surface area contributed by atoms with Crippen molar-refractivity contribution in [2.75, 3.05) is 12.4 Å². The van der Waals surface area contributed by atoms with Crippen LogP contribution in [0.1, 0.15) is 42.3 Å². The number of rotatable bonds is 5. The Morgan fingerprint density at radius 2 is 1.85 bits per heavy atom. The van der Waals surface area contributed by atoms with E-state index in [1.807, 2.05) is 6.07 Å². The first kappa shape index (κ1) is 18.7. The standard InChI is InChI=1S/C22H25N3O2/c1-22(2,3)18-10-8-16(9-11-18)15-25-20(12-13-23-25)24-21(26)17-6-5-7-19(14-17)27-4/h5-14H,15H2,1-4H3,(H,24,26). The number of benzene rings is 2. The van der Waals surface area contributed by atoms with E-state index in [2.05, 4.69) is 55.5 Å². The largest absolute Gasteiger partial charge is 0.497 e. The first-order chi connectivity index (χ1) is 12.9. The van der Waals surface area contributed by atoms with E-state index in [9.17, 15) is 4.79 Å². The fourth-order valence-corrected chi connectivity index (χ4v) is 2.80. The molecule has 2 aromatic carbocycles. The van der Waals surface area contributed by atoms with Gasteiger partial charge in [-0.3, -0.25) is 4.79 Å². The maximum absolute atomic E-state index is 12.5. The highest BCUT2D eigenvalue weighted by molar-refractivity contribution is 6.04. The summed E-state index contributed by atoms with van der Waals surface area (Å²) in [5.74, 6) is 1.11. The molecule has 3 rings (SSSR count). The molecule has 0 aliphatic carbocycles. The summed E-state index contributed by atoms with van der Waals surface area (Å²) >= 11 is 0. The molecule has 1 amide bonds. The monoisotopic (exact) mass is 363 g/mol. The molecule has 1 aromatic heterocycles. The average Bonchev–Trinajstić information content (AvgIpc) is 3.08. The Morgan fingerprint density at radius 1 is 1.11 bits per heavy atom. The Morgan fingerprint density at radius 3 is 2.52 bits per heavy atom. The van der Waals surface area contributed by atoms with Crippen LogP contribution in [-0.2, 0) is 12.0 Å². The number of nitrogens with one attached hydrogen (secondary N) is 1. The van der Waals surface area contributed by atoms with Crippen molar-refractivity contribution in [1.82, 2.24) is 9.78 Å². The van der Waals surface area contributed by atoms with Crippen LogP contribution < -0.4 is 10.1 Å². The molecule has 0 fully saturated rings. The summed E-state index contributed by atoms with van der Waals surface area (Å²) in [6.45, 7) is 7.18. The SMILES string of the molecule is COc1cccc(C(=O)Nc2ccnn2Cc2ccc(C(C)(C)C)cc2)c1. The summed E-state index contributed by atoms with van der Waals surface area (Å²) < 4.78 is 6.96. The Bertz CT molecular complexity index is 921. The second-order valence-corrected chi connectivity index (χ2v) is 7.51. The molecule has 0 unspecified atom stereocenters. The number of anilines is 1. The molecule has 5 nitrogen and oxygen atoms in total. The Balaban J connectivity index is 1.73. The zero-order valence-electron chi connectivity index (χ0n) is 16.2. The smallest absolute Gasteiger partial charge is 0.256 e. The molecule has 0 aliphatic heterocycles. The Labute approximate surface area is 160 Å². The number of methoxy groups -OCH3 is 1. The van der Waals surface area contributed by atoms with Crippen LogP contribution in [0.15, 0.2) is 60.8 Å². The van der Waals surface area contributed by atoms with Crippen LogP contribution in [0.2, 0.25) is 0 Å². The lowest BCUT2D eigenvalue weighted by atomic mass is 9.87. The second-order valence-electron chi connectivity index (χ2n) is 7.51. The topological polar surface area (TPSA) is 56.1 Å². The number of carbonyl (C=O) groups is 1. The molecule has 27 heavy (non-hydrogen) atoms. The fraction of sp³-hybridized carbons (Fsp3) is 0.273. The van der Waals surface area contributed by atoms with E-state index in [-0.39, 0.29) is 11.3 Å². The van der Waals surface area contributed by atoms with Gasteiger partial charge in [0.1, 0.15) is 11.6 Å². The molecule has 5 heteroatoms. The molecule has 140 valence electrons. The minimum Gasteiger partial charge on any atom is -0.497 e. The van der Waals surface area contributed by atoms with Crippen molar-refractivity contribution in [3.63, 3.8) is 0 Å². The normalized spacial score (nSPS) is 11.3. The van der Waals surface area contributed by atoms with Crippen LogP contribution in [0.3, 0.4) is 0 Å². The van der Waals surface area contributed by atoms with Crippen LogP contribution in [-0.4, -0.2) is 22.8 Å². The van der Waals surface area contributed by atoms with Crippen molar-refractivity contribution >= 4 is 11.7 Å². The van der Waals surface area contributed by atoms with Crippen molar-refractivity contribution in [3.05, 3.63) is 77.5 Å². The van der Waals surface area contributed by atoms with Crippen molar-refractivity contribution in [2.24, 2.45) is 0 Å². The minimum atomic E-state index is -0.196.